The minimum absolute atomic E-state index is 0.0275. The zero-order valence-corrected chi connectivity index (χ0v) is 21.2. The van der Waals surface area contributed by atoms with Crippen LogP contribution in [0.15, 0.2) is 47.4 Å². The molecule has 10 heteroatoms. The Morgan fingerprint density at radius 2 is 1.62 bits per heavy atom. The van der Waals surface area contributed by atoms with E-state index in [-0.39, 0.29) is 16.4 Å². The Morgan fingerprint density at radius 3 is 2.18 bits per heavy atom. The van der Waals surface area contributed by atoms with Gasteiger partial charge in [-0.3, -0.25) is 9.59 Å². The van der Waals surface area contributed by atoms with Crippen molar-refractivity contribution >= 4 is 27.5 Å². The molecule has 34 heavy (non-hydrogen) atoms. The maximum Gasteiger partial charge on any atom is 0.251 e. The molecule has 0 bridgehead atoms. The van der Waals surface area contributed by atoms with Crippen molar-refractivity contribution in [1.82, 2.24) is 9.62 Å². The summed E-state index contributed by atoms with van der Waals surface area (Å²) in [5.74, 6) is -0.211. The number of nitrogens with zero attached hydrogens (tertiary/aromatic N) is 1. The summed E-state index contributed by atoms with van der Waals surface area (Å²) in [6.45, 7) is 7.76. The quantitative estimate of drug-likeness (QED) is 0.499. The van der Waals surface area contributed by atoms with Crippen LogP contribution in [0.1, 0.15) is 38.1 Å². The fraction of sp³-hybridized carbons (Fsp3) is 0.417. The summed E-state index contributed by atoms with van der Waals surface area (Å²) in [4.78, 5) is 25.9. The van der Waals surface area contributed by atoms with Crippen LogP contribution in [0.4, 0.5) is 5.69 Å². The van der Waals surface area contributed by atoms with E-state index in [0.717, 1.165) is 0 Å². The molecule has 0 aliphatic rings. The van der Waals surface area contributed by atoms with Crippen LogP contribution in [0.25, 0.3) is 0 Å². The van der Waals surface area contributed by atoms with Crippen molar-refractivity contribution in [3.8, 4) is 11.5 Å². The molecule has 1 atom stereocenters. The van der Waals surface area contributed by atoms with Gasteiger partial charge in [-0.1, -0.05) is 33.8 Å². The third-order valence-corrected chi connectivity index (χ3v) is 7.37. The smallest absolute Gasteiger partial charge is 0.251 e. The molecule has 0 spiro atoms. The molecule has 0 radical (unpaired) electrons. The van der Waals surface area contributed by atoms with Crippen LogP contribution in [0.2, 0.25) is 0 Å². The van der Waals surface area contributed by atoms with Gasteiger partial charge in [0.15, 0.2) is 11.5 Å². The highest BCUT2D eigenvalue weighted by molar-refractivity contribution is 7.89. The van der Waals surface area contributed by atoms with Crippen LogP contribution in [-0.2, 0) is 14.8 Å². The molecule has 0 aliphatic heterocycles. The van der Waals surface area contributed by atoms with Crippen LogP contribution in [0, 0.1) is 5.92 Å². The average Bonchev–Trinajstić information content (AvgIpc) is 2.82. The Kier molecular flexibility index (Phi) is 9.46. The summed E-state index contributed by atoms with van der Waals surface area (Å²) < 4.78 is 37.4. The van der Waals surface area contributed by atoms with Crippen molar-refractivity contribution in [1.29, 1.82) is 0 Å². The number of rotatable bonds is 11. The standard InChI is InChI=1S/C24H33N3O6S/c1-7-27(8-2)34(30,31)19-11-9-10-17(14-19)23(28)26-22(16(3)4)24(29)25-18-12-13-20(32-5)21(15-18)33-6/h9-16,22H,7-8H2,1-6H3,(H,25,29)(H,26,28)/t22-/m0/s1. The molecule has 0 saturated carbocycles. The molecule has 0 saturated heterocycles. The van der Waals surface area contributed by atoms with Gasteiger partial charge in [0, 0.05) is 30.4 Å². The third-order valence-electron chi connectivity index (χ3n) is 5.33. The monoisotopic (exact) mass is 491 g/mol. The second-order valence-corrected chi connectivity index (χ2v) is 9.81. The Labute approximate surface area is 201 Å². The Bertz CT molecular complexity index is 1110. The van der Waals surface area contributed by atoms with E-state index in [9.17, 15) is 18.0 Å². The normalized spacial score (nSPS) is 12.4. The Balaban J connectivity index is 2.23. The summed E-state index contributed by atoms with van der Waals surface area (Å²) in [6.07, 6.45) is 0. The predicted molar refractivity (Wildman–Crippen MR) is 131 cm³/mol. The first kappa shape index (κ1) is 27.1. The number of carbonyl (C=O) groups excluding carboxylic acids is 2. The van der Waals surface area contributed by atoms with E-state index >= 15 is 0 Å². The number of benzene rings is 2. The van der Waals surface area contributed by atoms with E-state index in [1.54, 1.807) is 45.9 Å². The molecule has 0 fully saturated rings. The van der Waals surface area contributed by atoms with Crippen molar-refractivity contribution in [3.05, 3.63) is 48.0 Å². The van der Waals surface area contributed by atoms with Crippen molar-refractivity contribution in [2.45, 2.75) is 38.6 Å². The maximum absolute atomic E-state index is 13.0. The summed E-state index contributed by atoms with van der Waals surface area (Å²) in [5.41, 5.74) is 0.632. The lowest BCUT2D eigenvalue weighted by Gasteiger charge is -2.22. The summed E-state index contributed by atoms with van der Waals surface area (Å²) in [7, 11) is -0.708. The lowest BCUT2D eigenvalue weighted by atomic mass is 10.0. The van der Waals surface area contributed by atoms with Gasteiger partial charge in [-0.15, -0.1) is 0 Å². The molecule has 2 aromatic carbocycles. The Hall–Kier alpha value is -3.11. The first-order chi connectivity index (χ1) is 16.1. The molecule has 0 heterocycles. The van der Waals surface area contributed by atoms with E-state index in [1.807, 2.05) is 0 Å². The number of anilines is 1. The highest BCUT2D eigenvalue weighted by atomic mass is 32.2. The molecule has 2 N–H and O–H groups in total. The maximum atomic E-state index is 13.0. The molecule has 0 aromatic heterocycles. The van der Waals surface area contributed by atoms with Crippen molar-refractivity contribution in [3.63, 3.8) is 0 Å². The van der Waals surface area contributed by atoms with Gasteiger partial charge < -0.3 is 20.1 Å². The van der Waals surface area contributed by atoms with Crippen molar-refractivity contribution < 1.29 is 27.5 Å². The van der Waals surface area contributed by atoms with Crippen LogP contribution in [0.3, 0.4) is 0 Å². The SMILES string of the molecule is CCN(CC)S(=O)(=O)c1cccc(C(=O)N[C@H](C(=O)Nc2ccc(OC)c(OC)c2)C(C)C)c1. The van der Waals surface area contributed by atoms with Gasteiger partial charge in [0.2, 0.25) is 15.9 Å². The zero-order chi connectivity index (χ0) is 25.5. The molecular formula is C24H33N3O6S. The molecule has 186 valence electrons. The topological polar surface area (TPSA) is 114 Å². The van der Waals surface area contributed by atoms with Gasteiger partial charge in [-0.05, 0) is 36.2 Å². The number of nitrogens with one attached hydrogen (secondary N) is 2. The van der Waals surface area contributed by atoms with Gasteiger partial charge >= 0.3 is 0 Å². The molecule has 2 rings (SSSR count). The van der Waals surface area contributed by atoms with Gasteiger partial charge in [0.05, 0.1) is 19.1 Å². The lowest BCUT2D eigenvalue weighted by molar-refractivity contribution is -0.118. The number of ether oxygens (including phenoxy) is 2. The van der Waals surface area contributed by atoms with Crippen molar-refractivity contribution in [2.75, 3.05) is 32.6 Å². The number of hydrogen-bond acceptors (Lipinski definition) is 6. The minimum Gasteiger partial charge on any atom is -0.493 e. The number of amides is 2. The molecule has 2 aromatic rings. The van der Waals surface area contributed by atoms with Gasteiger partial charge in [0.25, 0.3) is 5.91 Å². The lowest BCUT2D eigenvalue weighted by Crippen LogP contribution is -2.47. The molecule has 0 aliphatic carbocycles. The largest absolute Gasteiger partial charge is 0.493 e. The fourth-order valence-corrected chi connectivity index (χ4v) is 4.91. The van der Waals surface area contributed by atoms with Gasteiger partial charge in [-0.25, -0.2) is 8.42 Å². The van der Waals surface area contributed by atoms with Crippen LogP contribution in [0.5, 0.6) is 11.5 Å². The molecule has 2 amide bonds. The minimum atomic E-state index is -3.72. The molecule has 0 unspecified atom stereocenters. The second kappa shape index (κ2) is 11.8. The molecular weight excluding hydrogens is 458 g/mol. The zero-order valence-electron chi connectivity index (χ0n) is 20.4. The number of carbonyl (C=O) groups is 2. The fourth-order valence-electron chi connectivity index (χ4n) is 3.40. The second-order valence-electron chi connectivity index (χ2n) is 7.87. The first-order valence-corrected chi connectivity index (χ1v) is 12.5. The molecule has 9 nitrogen and oxygen atoms in total. The van der Waals surface area contributed by atoms with E-state index in [0.29, 0.717) is 30.3 Å². The van der Waals surface area contributed by atoms with Crippen LogP contribution >= 0.6 is 0 Å². The summed E-state index contributed by atoms with van der Waals surface area (Å²) in [6, 6.07) is 9.90. The number of sulfonamides is 1. The van der Waals surface area contributed by atoms with E-state index in [2.05, 4.69) is 10.6 Å². The Morgan fingerprint density at radius 1 is 0.971 bits per heavy atom. The van der Waals surface area contributed by atoms with Gasteiger partial charge in [-0.2, -0.15) is 4.31 Å². The summed E-state index contributed by atoms with van der Waals surface area (Å²) >= 11 is 0. The number of hydrogen-bond donors (Lipinski definition) is 2. The van der Waals surface area contributed by atoms with E-state index in [1.165, 1.54) is 42.8 Å². The van der Waals surface area contributed by atoms with E-state index in [4.69, 9.17) is 9.47 Å². The van der Waals surface area contributed by atoms with Crippen LogP contribution in [-0.4, -0.2) is 57.9 Å². The van der Waals surface area contributed by atoms with Crippen LogP contribution < -0.4 is 20.1 Å². The summed E-state index contributed by atoms with van der Waals surface area (Å²) in [5, 5.41) is 5.50. The third kappa shape index (κ3) is 6.27. The highest BCUT2D eigenvalue weighted by Gasteiger charge is 2.27. The van der Waals surface area contributed by atoms with E-state index < -0.39 is 27.9 Å². The first-order valence-electron chi connectivity index (χ1n) is 11.0. The average molecular weight is 492 g/mol. The van der Waals surface area contributed by atoms with Crippen molar-refractivity contribution in [2.24, 2.45) is 5.92 Å². The number of methoxy groups -OCH3 is 2. The highest BCUT2D eigenvalue weighted by Crippen LogP contribution is 2.30. The van der Waals surface area contributed by atoms with Gasteiger partial charge in [0.1, 0.15) is 6.04 Å². The predicted octanol–water partition coefficient (Wildman–Crippen LogP) is 3.13.